The number of aromatic hydroxyl groups is 1. The van der Waals surface area contributed by atoms with Crippen LogP contribution in [0.2, 0.25) is 0 Å². The summed E-state index contributed by atoms with van der Waals surface area (Å²) in [5.74, 6) is 0.229. The third kappa shape index (κ3) is 3.39. The van der Waals surface area contributed by atoms with Crippen LogP contribution >= 0.6 is 0 Å². The van der Waals surface area contributed by atoms with Crippen molar-refractivity contribution in [3.63, 3.8) is 0 Å². The standard InChI is InChI=1S/C16H18N4O.C2H6/c1-18-10-2-3-12(15(21)8-10)16-11-4-6-19-9-13(11)14(17)5-7-20-16;1-2/h2-4,6,8-9,18,20-21H,5,7,17H2,1H3;1-2H3. The van der Waals surface area contributed by atoms with E-state index in [0.29, 0.717) is 0 Å². The van der Waals surface area contributed by atoms with Crippen molar-refractivity contribution in [1.29, 1.82) is 0 Å². The number of phenolic OH excluding ortho intramolecular Hbond substituents is 1. The fraction of sp³-hybridized carbons (Fsp3) is 0.278. The van der Waals surface area contributed by atoms with Crippen molar-refractivity contribution in [2.45, 2.75) is 20.3 Å². The van der Waals surface area contributed by atoms with Crippen molar-refractivity contribution in [3.8, 4) is 5.75 Å². The molecule has 0 atom stereocenters. The Balaban J connectivity index is 0.000000924. The monoisotopic (exact) mass is 312 g/mol. The summed E-state index contributed by atoms with van der Waals surface area (Å²) in [5.41, 5.74) is 9.44. The Kier molecular flexibility index (Phi) is 5.46. The Morgan fingerprint density at radius 3 is 2.70 bits per heavy atom. The van der Waals surface area contributed by atoms with E-state index in [9.17, 15) is 5.11 Å². The van der Waals surface area contributed by atoms with Crippen LogP contribution in [0.4, 0.5) is 5.69 Å². The van der Waals surface area contributed by atoms with Gasteiger partial charge in [-0.1, -0.05) is 13.8 Å². The molecule has 0 aliphatic carbocycles. The van der Waals surface area contributed by atoms with Gasteiger partial charge in [0.25, 0.3) is 0 Å². The molecule has 1 aromatic carbocycles. The van der Waals surface area contributed by atoms with Gasteiger partial charge in [0, 0.05) is 65.9 Å². The first-order chi connectivity index (χ1) is 11.2. The predicted octanol–water partition coefficient (Wildman–Crippen LogP) is 1.07. The highest BCUT2D eigenvalue weighted by Gasteiger charge is 2.12. The van der Waals surface area contributed by atoms with Gasteiger partial charge in [-0.15, -0.1) is 0 Å². The summed E-state index contributed by atoms with van der Waals surface area (Å²) in [7, 11) is 1.82. The predicted molar refractivity (Wildman–Crippen MR) is 95.2 cm³/mol. The normalized spacial score (nSPS) is 13.2. The van der Waals surface area contributed by atoms with Gasteiger partial charge in [-0.25, -0.2) is 0 Å². The van der Waals surface area contributed by atoms with Crippen LogP contribution in [0.3, 0.4) is 0 Å². The average molecular weight is 312 g/mol. The van der Waals surface area contributed by atoms with E-state index in [0.717, 1.165) is 46.0 Å². The minimum Gasteiger partial charge on any atom is -0.507 e. The first-order valence-corrected chi connectivity index (χ1v) is 7.88. The molecule has 0 radical (unpaired) electrons. The van der Waals surface area contributed by atoms with Gasteiger partial charge in [0.2, 0.25) is 0 Å². The van der Waals surface area contributed by atoms with E-state index in [4.69, 9.17) is 5.73 Å². The molecule has 2 aromatic rings. The Labute approximate surface area is 136 Å². The van der Waals surface area contributed by atoms with Crippen LogP contribution in [0.25, 0.3) is 11.4 Å². The lowest BCUT2D eigenvalue weighted by atomic mass is 10.1. The van der Waals surface area contributed by atoms with Gasteiger partial charge in [-0.3, -0.25) is 4.98 Å². The molecule has 5 N–H and O–H groups in total. The summed E-state index contributed by atoms with van der Waals surface area (Å²) in [6.07, 6.45) is 4.26. The molecule has 5 heteroatoms. The number of fused-ring (bicyclic) bond motifs is 1. The van der Waals surface area contributed by atoms with Gasteiger partial charge in [0.05, 0.1) is 5.70 Å². The molecule has 0 saturated carbocycles. The van der Waals surface area contributed by atoms with Gasteiger partial charge in [0.15, 0.2) is 0 Å². The number of anilines is 1. The molecule has 2 heterocycles. The summed E-state index contributed by atoms with van der Waals surface area (Å²) in [4.78, 5) is 4.15. The number of nitrogens with two attached hydrogens (primary N) is 1. The first-order valence-electron chi connectivity index (χ1n) is 7.88. The molecule has 3 rings (SSSR count). The summed E-state index contributed by atoms with van der Waals surface area (Å²) >= 11 is 0. The smallest absolute Gasteiger partial charge is 0.126 e. The highest BCUT2D eigenvalue weighted by molar-refractivity contribution is 5.72. The first kappa shape index (κ1) is 16.7. The van der Waals surface area contributed by atoms with Crippen LogP contribution in [0.5, 0.6) is 5.75 Å². The molecule has 0 bridgehead atoms. The van der Waals surface area contributed by atoms with E-state index in [1.807, 2.05) is 39.1 Å². The van der Waals surface area contributed by atoms with Crippen LogP contribution < -0.4 is 26.8 Å². The average Bonchev–Trinajstić information content (AvgIpc) is 2.76. The fourth-order valence-electron chi connectivity index (χ4n) is 2.56. The van der Waals surface area contributed by atoms with Crippen molar-refractivity contribution in [2.75, 3.05) is 18.9 Å². The minimum absolute atomic E-state index is 0.229. The summed E-state index contributed by atoms with van der Waals surface area (Å²) in [6, 6.07) is 7.46. The van der Waals surface area contributed by atoms with E-state index in [1.54, 1.807) is 18.5 Å². The Morgan fingerprint density at radius 1 is 1.22 bits per heavy atom. The number of nitrogens with one attached hydrogen (secondary N) is 2. The van der Waals surface area contributed by atoms with Crippen molar-refractivity contribution >= 4 is 17.1 Å². The van der Waals surface area contributed by atoms with Gasteiger partial charge >= 0.3 is 0 Å². The van der Waals surface area contributed by atoms with Crippen LogP contribution in [-0.4, -0.2) is 23.7 Å². The number of benzene rings is 1. The maximum Gasteiger partial charge on any atom is 0.126 e. The molecular formula is C18H24N4O. The maximum absolute atomic E-state index is 10.3. The Hall–Kier alpha value is -2.69. The Morgan fingerprint density at radius 2 is 2.00 bits per heavy atom. The fourth-order valence-corrected chi connectivity index (χ4v) is 2.56. The summed E-state index contributed by atoms with van der Waals surface area (Å²) < 4.78 is 0. The largest absolute Gasteiger partial charge is 0.507 e. The van der Waals surface area contributed by atoms with Gasteiger partial charge in [-0.2, -0.15) is 0 Å². The van der Waals surface area contributed by atoms with E-state index in [2.05, 4.69) is 15.6 Å². The Bertz CT molecular complexity index is 799. The number of hydrogen-bond acceptors (Lipinski definition) is 5. The van der Waals surface area contributed by atoms with Crippen LogP contribution in [0.15, 0.2) is 36.7 Å². The van der Waals surface area contributed by atoms with E-state index in [-0.39, 0.29) is 5.75 Å². The van der Waals surface area contributed by atoms with Crippen LogP contribution in [0.1, 0.15) is 25.8 Å². The highest BCUT2D eigenvalue weighted by atomic mass is 16.3. The lowest BCUT2D eigenvalue weighted by molar-refractivity contribution is 0.473. The molecule has 0 fully saturated rings. The molecular weight excluding hydrogens is 288 g/mol. The lowest BCUT2D eigenvalue weighted by Crippen LogP contribution is -2.33. The molecule has 1 aromatic heterocycles. The molecule has 0 saturated heterocycles. The number of pyridine rings is 1. The SMILES string of the molecule is CC.CNc1ccc(C2=c3ccncc3=C(N)CCN2)c(O)c1. The molecule has 0 amide bonds. The third-order valence-corrected chi connectivity index (χ3v) is 3.69. The molecule has 0 unspecified atom stereocenters. The summed E-state index contributed by atoms with van der Waals surface area (Å²) in [6.45, 7) is 4.73. The molecule has 5 nitrogen and oxygen atoms in total. The van der Waals surface area contributed by atoms with E-state index in [1.165, 1.54) is 0 Å². The van der Waals surface area contributed by atoms with Crippen molar-refractivity contribution in [3.05, 3.63) is 52.7 Å². The number of hydrogen-bond donors (Lipinski definition) is 4. The van der Waals surface area contributed by atoms with Gasteiger partial charge in [-0.05, 0) is 18.2 Å². The number of nitrogens with zero attached hydrogens (tertiary/aromatic N) is 1. The topological polar surface area (TPSA) is 83.2 Å². The number of rotatable bonds is 2. The number of aromatic nitrogens is 1. The maximum atomic E-state index is 10.3. The van der Waals surface area contributed by atoms with Gasteiger partial charge < -0.3 is 21.5 Å². The lowest BCUT2D eigenvalue weighted by Gasteiger charge is -2.12. The molecule has 23 heavy (non-hydrogen) atoms. The molecule has 0 spiro atoms. The molecule has 1 aliphatic rings. The van der Waals surface area contributed by atoms with Crippen molar-refractivity contribution in [1.82, 2.24) is 10.3 Å². The van der Waals surface area contributed by atoms with E-state index < -0.39 is 0 Å². The third-order valence-electron chi connectivity index (χ3n) is 3.69. The molecule has 122 valence electrons. The second-order valence-corrected chi connectivity index (χ2v) is 4.98. The van der Waals surface area contributed by atoms with E-state index >= 15 is 0 Å². The zero-order valence-corrected chi connectivity index (χ0v) is 13.9. The van der Waals surface area contributed by atoms with Crippen molar-refractivity contribution < 1.29 is 5.11 Å². The van der Waals surface area contributed by atoms with Crippen LogP contribution in [-0.2, 0) is 0 Å². The zero-order valence-electron chi connectivity index (χ0n) is 13.9. The second kappa shape index (κ2) is 7.54. The van der Waals surface area contributed by atoms with Gasteiger partial charge in [0.1, 0.15) is 5.75 Å². The quantitative estimate of drug-likeness (QED) is 0.667. The number of phenols is 1. The molecule has 1 aliphatic heterocycles. The summed E-state index contributed by atoms with van der Waals surface area (Å²) in [5, 5.41) is 18.6. The second-order valence-electron chi connectivity index (χ2n) is 4.98. The minimum atomic E-state index is 0.229. The van der Waals surface area contributed by atoms with Crippen LogP contribution in [0, 0.1) is 0 Å². The zero-order chi connectivity index (χ0) is 16.8. The highest BCUT2D eigenvalue weighted by Crippen LogP contribution is 2.25. The van der Waals surface area contributed by atoms with Crippen molar-refractivity contribution in [2.24, 2.45) is 5.73 Å².